The average Bonchev–Trinajstić information content (AvgIpc) is 2.49. The zero-order valence-electron chi connectivity index (χ0n) is 12.0. The molecule has 1 aromatic heterocycles. The summed E-state index contributed by atoms with van der Waals surface area (Å²) in [5.41, 5.74) is 4.40. The van der Waals surface area contributed by atoms with Gasteiger partial charge in [0.1, 0.15) is 6.10 Å². The summed E-state index contributed by atoms with van der Waals surface area (Å²) in [6, 6.07) is 15.5. The van der Waals surface area contributed by atoms with Crippen LogP contribution in [0.4, 0.5) is 0 Å². The number of hydrogen-bond donors (Lipinski definition) is 1. The van der Waals surface area contributed by atoms with Crippen molar-refractivity contribution in [3.05, 3.63) is 75.9 Å². The Bertz CT molecular complexity index is 813. The van der Waals surface area contributed by atoms with Gasteiger partial charge in [0, 0.05) is 10.4 Å². The number of pyridine rings is 1. The molecule has 21 heavy (non-hydrogen) atoms. The Hall–Kier alpha value is -1.90. The van der Waals surface area contributed by atoms with Gasteiger partial charge in [-0.3, -0.25) is 0 Å². The Balaban J connectivity index is 2.08. The van der Waals surface area contributed by atoms with Gasteiger partial charge in [-0.25, -0.2) is 4.98 Å². The second kappa shape index (κ2) is 5.47. The van der Waals surface area contributed by atoms with E-state index in [1.807, 2.05) is 56.3 Å². The molecule has 1 unspecified atom stereocenters. The predicted octanol–water partition coefficient (Wildman–Crippen LogP) is 4.59. The molecule has 0 saturated heterocycles. The van der Waals surface area contributed by atoms with E-state index in [1.165, 1.54) is 0 Å². The van der Waals surface area contributed by atoms with Crippen LogP contribution in [-0.2, 0) is 0 Å². The number of halogens is 1. The Kier molecular flexibility index (Phi) is 3.66. The maximum atomic E-state index is 10.6. The summed E-state index contributed by atoms with van der Waals surface area (Å²) in [5.74, 6) is 0. The van der Waals surface area contributed by atoms with Crippen LogP contribution in [0.25, 0.3) is 10.9 Å². The lowest BCUT2D eigenvalue weighted by Crippen LogP contribution is -2.03. The van der Waals surface area contributed by atoms with E-state index in [9.17, 15) is 5.11 Å². The summed E-state index contributed by atoms with van der Waals surface area (Å²) in [6.07, 6.45) is -0.772. The van der Waals surface area contributed by atoms with Crippen molar-refractivity contribution < 1.29 is 5.11 Å². The number of para-hydroxylation sites is 1. The lowest BCUT2D eigenvalue weighted by Gasteiger charge is -2.14. The highest BCUT2D eigenvalue weighted by Crippen LogP contribution is 2.27. The number of rotatable bonds is 2. The second-order valence-corrected chi connectivity index (χ2v) is 5.70. The zero-order valence-corrected chi connectivity index (χ0v) is 12.7. The summed E-state index contributed by atoms with van der Waals surface area (Å²) in [5, 5.41) is 12.3. The molecule has 3 heteroatoms. The number of aryl methyl sites for hydroxylation is 2. The van der Waals surface area contributed by atoms with Crippen LogP contribution in [0.1, 0.15) is 28.5 Å². The molecule has 0 spiro atoms. The van der Waals surface area contributed by atoms with Gasteiger partial charge in [0.2, 0.25) is 0 Å². The molecule has 0 aliphatic heterocycles. The van der Waals surface area contributed by atoms with Crippen molar-refractivity contribution in [2.75, 3.05) is 0 Å². The normalized spacial score (nSPS) is 12.6. The molecule has 0 amide bonds. The highest BCUT2D eigenvalue weighted by Gasteiger charge is 2.14. The van der Waals surface area contributed by atoms with Gasteiger partial charge in [-0.1, -0.05) is 41.9 Å². The van der Waals surface area contributed by atoms with Crippen molar-refractivity contribution in [2.24, 2.45) is 0 Å². The van der Waals surface area contributed by atoms with Gasteiger partial charge >= 0.3 is 0 Å². The molecule has 1 N–H and O–H groups in total. The Morgan fingerprint density at radius 3 is 2.52 bits per heavy atom. The third-order valence-electron chi connectivity index (χ3n) is 3.73. The quantitative estimate of drug-likeness (QED) is 0.750. The standard InChI is InChI=1S/C18H16ClNO/c1-11-7-8-13(10-15(11)19)18(21)17-9-12(2)14-5-3-4-6-16(14)20-17/h3-10,18,21H,1-2H3. The molecule has 3 aromatic rings. The molecule has 0 radical (unpaired) electrons. The van der Waals surface area contributed by atoms with Gasteiger partial charge in [0.15, 0.2) is 0 Å². The molecule has 0 saturated carbocycles. The first-order valence-corrected chi connectivity index (χ1v) is 7.24. The highest BCUT2D eigenvalue weighted by atomic mass is 35.5. The third kappa shape index (κ3) is 2.65. The summed E-state index contributed by atoms with van der Waals surface area (Å²) in [7, 11) is 0. The van der Waals surface area contributed by atoms with Crippen molar-refractivity contribution in [2.45, 2.75) is 20.0 Å². The lowest BCUT2D eigenvalue weighted by atomic mass is 10.0. The fourth-order valence-corrected chi connectivity index (χ4v) is 2.65. The molecule has 0 aliphatic carbocycles. The van der Waals surface area contributed by atoms with Crippen LogP contribution in [0.15, 0.2) is 48.5 Å². The minimum Gasteiger partial charge on any atom is -0.382 e. The van der Waals surface area contributed by atoms with Gasteiger partial charge in [0.25, 0.3) is 0 Å². The molecular weight excluding hydrogens is 282 g/mol. The number of hydrogen-bond acceptors (Lipinski definition) is 2. The van der Waals surface area contributed by atoms with Crippen LogP contribution in [0, 0.1) is 13.8 Å². The molecule has 3 rings (SSSR count). The SMILES string of the molecule is Cc1ccc(C(O)c2cc(C)c3ccccc3n2)cc1Cl. The molecule has 2 nitrogen and oxygen atoms in total. The number of nitrogens with zero attached hydrogens (tertiary/aromatic N) is 1. The first kappa shape index (κ1) is 14.1. The number of aliphatic hydroxyl groups is 1. The van der Waals surface area contributed by atoms with E-state index in [1.54, 1.807) is 6.07 Å². The Labute approximate surface area is 129 Å². The summed E-state index contributed by atoms with van der Waals surface area (Å²) >= 11 is 6.14. The van der Waals surface area contributed by atoms with Gasteiger partial charge in [-0.05, 0) is 48.7 Å². The van der Waals surface area contributed by atoms with Gasteiger partial charge < -0.3 is 5.11 Å². The van der Waals surface area contributed by atoms with E-state index >= 15 is 0 Å². The number of benzene rings is 2. The Morgan fingerprint density at radius 2 is 1.76 bits per heavy atom. The lowest BCUT2D eigenvalue weighted by molar-refractivity contribution is 0.215. The number of fused-ring (bicyclic) bond motifs is 1. The van der Waals surface area contributed by atoms with Crippen molar-refractivity contribution in [3.8, 4) is 0 Å². The monoisotopic (exact) mass is 297 g/mol. The molecule has 1 heterocycles. The second-order valence-electron chi connectivity index (χ2n) is 5.29. The average molecular weight is 298 g/mol. The van der Waals surface area contributed by atoms with Crippen LogP contribution in [0.3, 0.4) is 0 Å². The topological polar surface area (TPSA) is 33.1 Å². The van der Waals surface area contributed by atoms with E-state index in [-0.39, 0.29) is 0 Å². The predicted molar refractivity (Wildman–Crippen MR) is 86.7 cm³/mol. The molecule has 0 fully saturated rings. The molecule has 0 bridgehead atoms. The molecule has 2 aromatic carbocycles. The van der Waals surface area contributed by atoms with Crippen LogP contribution >= 0.6 is 11.6 Å². The summed E-state index contributed by atoms with van der Waals surface area (Å²) in [6.45, 7) is 3.97. The molecular formula is C18H16ClNO. The van der Waals surface area contributed by atoms with E-state index in [4.69, 9.17) is 11.6 Å². The van der Waals surface area contributed by atoms with Crippen LogP contribution in [0.5, 0.6) is 0 Å². The van der Waals surface area contributed by atoms with Crippen molar-refractivity contribution in [1.82, 2.24) is 4.98 Å². The Morgan fingerprint density at radius 1 is 1.00 bits per heavy atom. The maximum absolute atomic E-state index is 10.6. The molecule has 1 atom stereocenters. The van der Waals surface area contributed by atoms with Crippen LogP contribution < -0.4 is 0 Å². The fourth-order valence-electron chi connectivity index (χ4n) is 2.47. The smallest absolute Gasteiger partial charge is 0.121 e. The van der Waals surface area contributed by atoms with E-state index < -0.39 is 6.10 Å². The van der Waals surface area contributed by atoms with Crippen LogP contribution in [-0.4, -0.2) is 10.1 Å². The van der Waals surface area contributed by atoms with E-state index in [0.29, 0.717) is 10.7 Å². The number of aromatic nitrogens is 1. The maximum Gasteiger partial charge on any atom is 0.121 e. The van der Waals surface area contributed by atoms with Crippen molar-refractivity contribution >= 4 is 22.5 Å². The first-order chi connectivity index (χ1) is 10.1. The molecule has 106 valence electrons. The van der Waals surface area contributed by atoms with Gasteiger partial charge in [0.05, 0.1) is 11.2 Å². The zero-order chi connectivity index (χ0) is 15.0. The highest BCUT2D eigenvalue weighted by molar-refractivity contribution is 6.31. The summed E-state index contributed by atoms with van der Waals surface area (Å²) in [4.78, 5) is 4.57. The fraction of sp³-hybridized carbons (Fsp3) is 0.167. The van der Waals surface area contributed by atoms with E-state index in [2.05, 4.69) is 4.98 Å². The number of aliphatic hydroxyl groups excluding tert-OH is 1. The van der Waals surface area contributed by atoms with Gasteiger partial charge in [-0.2, -0.15) is 0 Å². The van der Waals surface area contributed by atoms with E-state index in [0.717, 1.165) is 27.6 Å². The van der Waals surface area contributed by atoms with Gasteiger partial charge in [-0.15, -0.1) is 0 Å². The van der Waals surface area contributed by atoms with Crippen LogP contribution in [0.2, 0.25) is 5.02 Å². The van der Waals surface area contributed by atoms with Crippen molar-refractivity contribution in [1.29, 1.82) is 0 Å². The third-order valence-corrected chi connectivity index (χ3v) is 4.14. The summed E-state index contributed by atoms with van der Waals surface area (Å²) < 4.78 is 0. The van der Waals surface area contributed by atoms with Crippen molar-refractivity contribution in [3.63, 3.8) is 0 Å². The first-order valence-electron chi connectivity index (χ1n) is 6.86. The minimum atomic E-state index is -0.772. The minimum absolute atomic E-state index is 0.645. The molecule has 0 aliphatic rings. The largest absolute Gasteiger partial charge is 0.382 e.